The summed E-state index contributed by atoms with van der Waals surface area (Å²) >= 11 is 0. The van der Waals surface area contributed by atoms with E-state index < -0.39 is 0 Å². The fraction of sp³-hybridized carbons (Fsp3) is 0.143. The molecular weight excluding hydrogens is 350 g/mol. The fourth-order valence-corrected chi connectivity index (χ4v) is 5.68. The normalized spacial score (nSPS) is 14.6. The van der Waals surface area contributed by atoms with Gasteiger partial charge >= 0.3 is 0 Å². The highest BCUT2D eigenvalue weighted by Gasteiger charge is 2.28. The van der Waals surface area contributed by atoms with Crippen molar-refractivity contribution in [1.29, 1.82) is 0 Å². The van der Waals surface area contributed by atoms with E-state index in [-0.39, 0.29) is 0 Å². The van der Waals surface area contributed by atoms with Crippen molar-refractivity contribution in [3.05, 3.63) is 106 Å². The third-order valence-electron chi connectivity index (χ3n) is 7.09. The maximum absolute atomic E-state index is 2.46. The second-order valence-corrected chi connectivity index (χ2v) is 8.68. The van der Waals surface area contributed by atoms with Crippen molar-refractivity contribution in [2.24, 2.45) is 0 Å². The van der Waals surface area contributed by atoms with Crippen LogP contribution in [0.4, 0.5) is 11.4 Å². The molecule has 0 saturated heterocycles. The molecule has 2 aliphatic carbocycles. The SMILES string of the molecule is CN1c2cc3c(cc2Cc2cc4c(cc21)-c1ccccc1C4)-c1ccccc1C3. The zero-order valence-electron chi connectivity index (χ0n) is 16.5. The smallest absolute Gasteiger partial charge is 0.0450 e. The van der Waals surface area contributed by atoms with E-state index in [9.17, 15) is 0 Å². The zero-order chi connectivity index (χ0) is 19.1. The van der Waals surface area contributed by atoms with Crippen LogP contribution in [0, 0.1) is 0 Å². The van der Waals surface area contributed by atoms with Crippen LogP contribution in [0.5, 0.6) is 0 Å². The van der Waals surface area contributed by atoms with E-state index in [0.29, 0.717) is 0 Å². The molecule has 0 N–H and O–H groups in total. The van der Waals surface area contributed by atoms with E-state index in [1.165, 1.54) is 67.0 Å². The standard InChI is InChI=1S/C28H21N/c1-29-27-15-20-11-18-7-2-4-8-23(18)25(20)14-22(27)13-21-12-19-10-17-6-3-5-9-24(17)26(19)16-28(21)29/h2-9,12,14-16H,10-11,13H2,1H3. The lowest BCUT2D eigenvalue weighted by Gasteiger charge is -2.31. The van der Waals surface area contributed by atoms with E-state index in [1.54, 1.807) is 0 Å². The van der Waals surface area contributed by atoms with Gasteiger partial charge in [-0.05, 0) is 86.7 Å². The molecule has 0 atom stereocenters. The lowest BCUT2D eigenvalue weighted by atomic mass is 9.90. The second-order valence-electron chi connectivity index (χ2n) is 8.68. The van der Waals surface area contributed by atoms with Crippen LogP contribution in [-0.2, 0) is 19.3 Å². The average Bonchev–Trinajstić information content (AvgIpc) is 3.29. The highest BCUT2D eigenvalue weighted by molar-refractivity contribution is 5.87. The summed E-state index contributed by atoms with van der Waals surface area (Å²) in [5.41, 5.74) is 17.2. The monoisotopic (exact) mass is 371 g/mol. The maximum atomic E-state index is 2.46. The van der Waals surface area contributed by atoms with Gasteiger partial charge in [-0.25, -0.2) is 0 Å². The quantitative estimate of drug-likeness (QED) is 0.294. The molecule has 0 aromatic heterocycles. The molecule has 0 spiro atoms. The molecule has 138 valence electrons. The van der Waals surface area contributed by atoms with Crippen molar-refractivity contribution in [3.8, 4) is 22.3 Å². The summed E-state index contributed by atoms with van der Waals surface area (Å²) in [5, 5.41) is 0. The van der Waals surface area contributed by atoms with Gasteiger partial charge in [-0.15, -0.1) is 0 Å². The number of fused-ring (bicyclic) bond motifs is 8. The van der Waals surface area contributed by atoms with Gasteiger partial charge in [0.25, 0.3) is 0 Å². The average molecular weight is 371 g/mol. The Morgan fingerprint density at radius 3 is 1.72 bits per heavy atom. The van der Waals surface area contributed by atoms with Crippen molar-refractivity contribution in [2.75, 3.05) is 11.9 Å². The Morgan fingerprint density at radius 2 is 1.00 bits per heavy atom. The van der Waals surface area contributed by atoms with Gasteiger partial charge in [-0.2, -0.15) is 0 Å². The Labute approximate surface area is 171 Å². The predicted octanol–water partition coefficient (Wildman–Crippen LogP) is 6.50. The van der Waals surface area contributed by atoms with Crippen LogP contribution in [0.2, 0.25) is 0 Å². The van der Waals surface area contributed by atoms with Crippen LogP contribution >= 0.6 is 0 Å². The summed E-state index contributed by atoms with van der Waals surface area (Å²) < 4.78 is 0. The van der Waals surface area contributed by atoms with Gasteiger partial charge in [0.15, 0.2) is 0 Å². The number of hydrogen-bond acceptors (Lipinski definition) is 1. The van der Waals surface area contributed by atoms with Gasteiger partial charge in [-0.1, -0.05) is 54.6 Å². The van der Waals surface area contributed by atoms with Crippen LogP contribution in [0.25, 0.3) is 22.3 Å². The summed E-state index contributed by atoms with van der Waals surface area (Å²) in [4.78, 5) is 2.42. The molecule has 1 nitrogen and oxygen atoms in total. The van der Waals surface area contributed by atoms with Crippen molar-refractivity contribution in [3.63, 3.8) is 0 Å². The third kappa shape index (κ3) is 2.05. The molecule has 4 aromatic rings. The minimum absolute atomic E-state index is 1.02. The molecule has 0 fully saturated rings. The highest BCUT2D eigenvalue weighted by Crippen LogP contribution is 2.47. The van der Waals surface area contributed by atoms with Crippen molar-refractivity contribution in [2.45, 2.75) is 19.3 Å². The van der Waals surface area contributed by atoms with E-state index >= 15 is 0 Å². The van der Waals surface area contributed by atoms with Crippen LogP contribution in [0.1, 0.15) is 33.4 Å². The maximum Gasteiger partial charge on any atom is 0.0450 e. The summed E-state index contributed by atoms with van der Waals surface area (Å²) in [6, 6.07) is 27.5. The molecule has 7 rings (SSSR count). The molecule has 3 aliphatic rings. The van der Waals surface area contributed by atoms with Crippen molar-refractivity contribution < 1.29 is 0 Å². The topological polar surface area (TPSA) is 3.24 Å². The molecule has 29 heavy (non-hydrogen) atoms. The van der Waals surface area contributed by atoms with Gasteiger partial charge in [0, 0.05) is 24.8 Å². The van der Waals surface area contributed by atoms with Gasteiger partial charge in [-0.3, -0.25) is 0 Å². The summed E-state index contributed by atoms with van der Waals surface area (Å²) in [7, 11) is 2.23. The Kier molecular flexibility index (Phi) is 2.90. The van der Waals surface area contributed by atoms with Crippen molar-refractivity contribution in [1.82, 2.24) is 0 Å². The number of hydrogen-bond donors (Lipinski definition) is 0. The largest absolute Gasteiger partial charge is 0.344 e. The minimum atomic E-state index is 1.02. The first-order valence-corrected chi connectivity index (χ1v) is 10.5. The first-order valence-electron chi connectivity index (χ1n) is 10.5. The first kappa shape index (κ1) is 15.6. The van der Waals surface area contributed by atoms with Gasteiger partial charge < -0.3 is 4.90 Å². The third-order valence-corrected chi connectivity index (χ3v) is 7.09. The number of benzene rings is 4. The zero-order valence-corrected chi connectivity index (χ0v) is 16.5. The number of nitrogens with zero attached hydrogens (tertiary/aromatic N) is 1. The summed E-state index contributed by atoms with van der Waals surface area (Å²) in [6.07, 6.45) is 3.14. The molecule has 0 unspecified atom stereocenters. The summed E-state index contributed by atoms with van der Waals surface area (Å²) in [5.74, 6) is 0. The Bertz CT molecular complexity index is 1340. The molecule has 1 heterocycles. The van der Waals surface area contributed by atoms with E-state index in [1.807, 2.05) is 0 Å². The van der Waals surface area contributed by atoms with E-state index in [0.717, 1.165) is 19.3 Å². The van der Waals surface area contributed by atoms with Gasteiger partial charge in [0.2, 0.25) is 0 Å². The molecule has 0 bridgehead atoms. The lowest BCUT2D eigenvalue weighted by Crippen LogP contribution is -2.19. The molecule has 1 aliphatic heterocycles. The Hall–Kier alpha value is -3.32. The number of rotatable bonds is 0. The van der Waals surface area contributed by atoms with E-state index in [2.05, 4.69) is 84.7 Å². The van der Waals surface area contributed by atoms with Gasteiger partial charge in [0.05, 0.1) is 0 Å². The van der Waals surface area contributed by atoms with Gasteiger partial charge in [0.1, 0.15) is 0 Å². The van der Waals surface area contributed by atoms with Crippen LogP contribution in [0.15, 0.2) is 72.8 Å². The van der Waals surface area contributed by atoms with Crippen LogP contribution in [0.3, 0.4) is 0 Å². The molecule has 1 heteroatoms. The van der Waals surface area contributed by atoms with E-state index in [4.69, 9.17) is 0 Å². The predicted molar refractivity (Wildman–Crippen MR) is 120 cm³/mol. The molecule has 0 radical (unpaired) electrons. The Balaban J connectivity index is 1.38. The first-order chi connectivity index (χ1) is 14.3. The van der Waals surface area contributed by atoms with Crippen LogP contribution < -0.4 is 4.90 Å². The molecule has 0 amide bonds. The van der Waals surface area contributed by atoms with Crippen LogP contribution in [-0.4, -0.2) is 7.05 Å². The molecular formula is C28H21N. The minimum Gasteiger partial charge on any atom is -0.344 e. The lowest BCUT2D eigenvalue weighted by molar-refractivity contribution is 1.04. The second kappa shape index (κ2) is 5.39. The molecule has 0 saturated carbocycles. The Morgan fingerprint density at radius 1 is 0.483 bits per heavy atom. The summed E-state index contributed by atoms with van der Waals surface area (Å²) in [6.45, 7) is 0. The van der Waals surface area contributed by atoms with Crippen molar-refractivity contribution >= 4 is 11.4 Å². The fourth-order valence-electron chi connectivity index (χ4n) is 5.68. The highest BCUT2D eigenvalue weighted by atomic mass is 15.1. The molecule has 4 aromatic carbocycles. The number of anilines is 2.